The van der Waals surface area contributed by atoms with E-state index in [0.29, 0.717) is 5.69 Å². The molecule has 2 rings (SSSR count). The number of hydrogen-bond acceptors (Lipinski definition) is 6. The molecular weight excluding hydrogens is 304 g/mol. The molecule has 0 heterocycles. The third-order valence-electron chi connectivity index (χ3n) is 3.00. The molecule has 0 fully saturated rings. The van der Waals surface area contributed by atoms with Gasteiger partial charge < -0.3 is 15.2 Å². The molecule has 0 aromatic heterocycles. The van der Waals surface area contributed by atoms with Crippen molar-refractivity contribution >= 4 is 29.0 Å². The molecule has 0 saturated heterocycles. The molecule has 0 atom stereocenters. The van der Waals surface area contributed by atoms with Crippen molar-refractivity contribution in [3.8, 4) is 0 Å². The van der Waals surface area contributed by atoms with Crippen LogP contribution < -0.4 is 5.32 Å². The second-order valence-corrected chi connectivity index (χ2v) is 4.49. The van der Waals surface area contributed by atoms with E-state index in [1.54, 1.807) is 18.2 Å². The Bertz CT molecular complexity index is 787. The molecule has 23 heavy (non-hydrogen) atoms. The Morgan fingerprint density at radius 1 is 1.17 bits per heavy atom. The average molecular weight is 316 g/mol. The molecule has 8 nitrogen and oxygen atoms in total. The summed E-state index contributed by atoms with van der Waals surface area (Å²) in [4.78, 5) is 32.8. The second kappa shape index (κ2) is 6.56. The van der Waals surface area contributed by atoms with Crippen LogP contribution in [0.25, 0.3) is 0 Å². The van der Waals surface area contributed by atoms with Gasteiger partial charge in [0.25, 0.3) is 5.69 Å². The van der Waals surface area contributed by atoms with Gasteiger partial charge in [-0.1, -0.05) is 6.07 Å². The lowest BCUT2D eigenvalue weighted by atomic mass is 10.1. The highest BCUT2D eigenvalue weighted by molar-refractivity contribution is 5.92. The van der Waals surface area contributed by atoms with Crippen LogP contribution >= 0.6 is 0 Å². The summed E-state index contributed by atoms with van der Waals surface area (Å²) in [6.45, 7) is 0. The molecule has 0 aliphatic heterocycles. The van der Waals surface area contributed by atoms with Gasteiger partial charge in [-0.15, -0.1) is 0 Å². The topological polar surface area (TPSA) is 119 Å². The number of anilines is 2. The number of carboxylic acid groups (broad SMARTS) is 1. The minimum absolute atomic E-state index is 0.113. The van der Waals surface area contributed by atoms with Crippen LogP contribution in [0.4, 0.5) is 17.1 Å². The number of benzene rings is 2. The minimum atomic E-state index is -1.26. The molecule has 8 heteroatoms. The Hall–Kier alpha value is -3.42. The summed E-state index contributed by atoms with van der Waals surface area (Å²) in [5.74, 6) is -1.79. The number of methoxy groups -OCH3 is 1. The van der Waals surface area contributed by atoms with Crippen molar-refractivity contribution in [2.75, 3.05) is 12.4 Å². The first-order valence-electron chi connectivity index (χ1n) is 6.39. The molecule has 0 radical (unpaired) electrons. The maximum absolute atomic E-state index is 11.5. The summed E-state index contributed by atoms with van der Waals surface area (Å²) in [5.41, 5.74) is 0.252. The number of nitrogens with one attached hydrogen (secondary N) is 1. The van der Waals surface area contributed by atoms with Crippen LogP contribution in [0.1, 0.15) is 20.7 Å². The van der Waals surface area contributed by atoms with E-state index in [0.717, 1.165) is 6.07 Å². The highest BCUT2D eigenvalue weighted by Crippen LogP contribution is 2.29. The number of carbonyl (C=O) groups is 2. The van der Waals surface area contributed by atoms with E-state index in [1.165, 1.54) is 25.3 Å². The van der Waals surface area contributed by atoms with Crippen molar-refractivity contribution in [1.29, 1.82) is 0 Å². The van der Waals surface area contributed by atoms with Crippen molar-refractivity contribution in [3.63, 3.8) is 0 Å². The van der Waals surface area contributed by atoms with Gasteiger partial charge in [-0.2, -0.15) is 0 Å². The van der Waals surface area contributed by atoms with E-state index < -0.39 is 16.9 Å². The quantitative estimate of drug-likeness (QED) is 0.494. The molecule has 0 spiro atoms. The molecule has 2 aromatic carbocycles. The fraction of sp³-hybridized carbons (Fsp3) is 0.0667. The van der Waals surface area contributed by atoms with Crippen LogP contribution in [-0.2, 0) is 4.74 Å². The zero-order chi connectivity index (χ0) is 17.0. The Labute approximate surface area is 130 Å². The number of carboxylic acids is 1. The van der Waals surface area contributed by atoms with E-state index in [2.05, 4.69) is 10.1 Å². The van der Waals surface area contributed by atoms with Crippen molar-refractivity contribution in [3.05, 3.63) is 63.7 Å². The molecule has 2 aromatic rings. The number of hydrogen-bond donors (Lipinski definition) is 2. The number of nitro groups is 1. The van der Waals surface area contributed by atoms with Gasteiger partial charge >= 0.3 is 11.9 Å². The maximum atomic E-state index is 11.5. The molecular formula is C15H12N2O6. The van der Waals surface area contributed by atoms with E-state index in [-0.39, 0.29) is 22.5 Å². The lowest BCUT2D eigenvalue weighted by Gasteiger charge is -2.09. The van der Waals surface area contributed by atoms with Gasteiger partial charge in [-0.3, -0.25) is 10.1 Å². The van der Waals surface area contributed by atoms with Gasteiger partial charge in [0.2, 0.25) is 0 Å². The van der Waals surface area contributed by atoms with E-state index >= 15 is 0 Å². The molecule has 0 saturated carbocycles. The van der Waals surface area contributed by atoms with Gasteiger partial charge in [0, 0.05) is 11.8 Å². The minimum Gasteiger partial charge on any atom is -0.478 e. The summed E-state index contributed by atoms with van der Waals surface area (Å²) in [6.07, 6.45) is 0. The Kier molecular flexibility index (Phi) is 4.55. The number of carbonyl (C=O) groups excluding carboxylic acids is 1. The molecule has 2 N–H and O–H groups in total. The van der Waals surface area contributed by atoms with Gasteiger partial charge in [-0.05, 0) is 30.3 Å². The number of ether oxygens (including phenoxy) is 1. The monoisotopic (exact) mass is 316 g/mol. The van der Waals surface area contributed by atoms with Gasteiger partial charge in [0.05, 0.1) is 23.2 Å². The lowest BCUT2D eigenvalue weighted by molar-refractivity contribution is -0.383. The first kappa shape index (κ1) is 16.0. The van der Waals surface area contributed by atoms with Crippen molar-refractivity contribution in [2.24, 2.45) is 0 Å². The van der Waals surface area contributed by atoms with Crippen LogP contribution in [0.3, 0.4) is 0 Å². The Morgan fingerprint density at radius 3 is 2.52 bits per heavy atom. The fourth-order valence-electron chi connectivity index (χ4n) is 1.92. The second-order valence-electron chi connectivity index (χ2n) is 4.49. The molecule has 0 amide bonds. The average Bonchev–Trinajstić information content (AvgIpc) is 2.54. The SMILES string of the molecule is COC(=O)c1cccc(Nc2ccc(C(=O)O)cc2[N+](=O)[O-])c1. The van der Waals surface area contributed by atoms with Crippen molar-refractivity contribution in [1.82, 2.24) is 0 Å². The first-order chi connectivity index (χ1) is 10.9. The number of nitro benzene ring substituents is 1. The molecule has 0 aliphatic rings. The standard InChI is InChI=1S/C15H12N2O6/c1-23-15(20)10-3-2-4-11(7-10)16-12-6-5-9(14(18)19)8-13(12)17(21)22/h2-8,16H,1H3,(H,18,19). The highest BCUT2D eigenvalue weighted by Gasteiger charge is 2.17. The summed E-state index contributed by atoms with van der Waals surface area (Å²) in [7, 11) is 1.25. The van der Waals surface area contributed by atoms with Gasteiger partial charge in [0.1, 0.15) is 5.69 Å². The Balaban J connectivity index is 2.38. The number of aromatic carboxylic acids is 1. The Morgan fingerprint density at radius 2 is 1.91 bits per heavy atom. The summed E-state index contributed by atoms with van der Waals surface area (Å²) < 4.78 is 4.61. The highest BCUT2D eigenvalue weighted by atomic mass is 16.6. The van der Waals surface area contributed by atoms with Crippen LogP contribution in [-0.4, -0.2) is 29.1 Å². The lowest BCUT2D eigenvalue weighted by Crippen LogP contribution is -2.03. The molecule has 0 aliphatic carbocycles. The number of esters is 1. The zero-order valence-corrected chi connectivity index (χ0v) is 12.0. The van der Waals surface area contributed by atoms with E-state index in [9.17, 15) is 19.7 Å². The predicted molar refractivity (Wildman–Crippen MR) is 81.1 cm³/mol. The van der Waals surface area contributed by atoms with Gasteiger partial charge in [0.15, 0.2) is 0 Å². The van der Waals surface area contributed by atoms with Gasteiger partial charge in [-0.25, -0.2) is 9.59 Å². The predicted octanol–water partition coefficient (Wildman–Crippen LogP) is 2.82. The molecule has 118 valence electrons. The normalized spacial score (nSPS) is 9.96. The summed E-state index contributed by atoms with van der Waals surface area (Å²) in [5, 5.41) is 22.8. The third kappa shape index (κ3) is 3.62. The van der Waals surface area contributed by atoms with Crippen molar-refractivity contribution < 1.29 is 24.4 Å². The summed E-state index contributed by atoms with van der Waals surface area (Å²) >= 11 is 0. The van der Waals surface area contributed by atoms with E-state index in [4.69, 9.17) is 5.11 Å². The first-order valence-corrected chi connectivity index (χ1v) is 6.39. The largest absolute Gasteiger partial charge is 0.478 e. The smallest absolute Gasteiger partial charge is 0.337 e. The van der Waals surface area contributed by atoms with Crippen molar-refractivity contribution in [2.45, 2.75) is 0 Å². The fourth-order valence-corrected chi connectivity index (χ4v) is 1.92. The number of nitrogens with zero attached hydrogens (tertiary/aromatic N) is 1. The maximum Gasteiger partial charge on any atom is 0.337 e. The summed E-state index contributed by atoms with van der Waals surface area (Å²) in [6, 6.07) is 9.73. The van der Waals surface area contributed by atoms with Crippen LogP contribution in [0.5, 0.6) is 0 Å². The third-order valence-corrected chi connectivity index (χ3v) is 3.00. The van der Waals surface area contributed by atoms with Crippen LogP contribution in [0.15, 0.2) is 42.5 Å². The van der Waals surface area contributed by atoms with E-state index in [1.807, 2.05) is 0 Å². The molecule has 0 bridgehead atoms. The number of rotatable bonds is 5. The molecule has 0 unspecified atom stereocenters. The van der Waals surface area contributed by atoms with Crippen LogP contribution in [0, 0.1) is 10.1 Å². The zero-order valence-electron chi connectivity index (χ0n) is 12.0. The van der Waals surface area contributed by atoms with Crippen LogP contribution in [0.2, 0.25) is 0 Å².